The number of benzene rings is 1. The molecule has 0 saturated heterocycles. The van der Waals surface area contributed by atoms with E-state index in [1.807, 2.05) is 0 Å². The predicted molar refractivity (Wildman–Crippen MR) is 77.9 cm³/mol. The van der Waals surface area contributed by atoms with Gasteiger partial charge in [0.1, 0.15) is 0 Å². The molecular formula is C12H10ClF2N3O3S. The van der Waals surface area contributed by atoms with Crippen molar-refractivity contribution in [1.82, 2.24) is 4.98 Å². The number of thiazole rings is 1. The standard InChI is InChI=1S/C12H9F2N3O3S.ClH/c13-12(14)19-6-3-5-8(4-7(6)20-12)21-10(16-5)17-9(18)11(15)1-2-11;/h3-4H,1-2,15H2,(H,16,17,18);1H. The summed E-state index contributed by atoms with van der Waals surface area (Å²) in [4.78, 5) is 16.0. The molecule has 1 saturated carbocycles. The molecule has 1 fully saturated rings. The van der Waals surface area contributed by atoms with E-state index in [2.05, 4.69) is 19.8 Å². The van der Waals surface area contributed by atoms with Crippen molar-refractivity contribution in [3.05, 3.63) is 12.1 Å². The molecule has 0 radical (unpaired) electrons. The van der Waals surface area contributed by atoms with E-state index in [0.717, 1.165) is 11.3 Å². The summed E-state index contributed by atoms with van der Waals surface area (Å²) in [5.74, 6) is -0.409. The minimum atomic E-state index is -3.65. The number of alkyl halides is 2. The van der Waals surface area contributed by atoms with Gasteiger partial charge < -0.3 is 20.5 Å². The number of halogens is 3. The normalized spacial score (nSPS) is 19.6. The first-order chi connectivity index (χ1) is 9.85. The van der Waals surface area contributed by atoms with Gasteiger partial charge in [0.2, 0.25) is 5.91 Å². The van der Waals surface area contributed by atoms with Gasteiger partial charge in [-0.05, 0) is 12.8 Å². The molecule has 6 nitrogen and oxygen atoms in total. The monoisotopic (exact) mass is 349 g/mol. The molecule has 2 heterocycles. The summed E-state index contributed by atoms with van der Waals surface area (Å²) in [5.41, 5.74) is 5.43. The molecule has 0 bridgehead atoms. The Morgan fingerprint density at radius 1 is 1.32 bits per heavy atom. The number of carbonyl (C=O) groups is 1. The molecule has 22 heavy (non-hydrogen) atoms. The van der Waals surface area contributed by atoms with Crippen molar-refractivity contribution >= 4 is 45.0 Å². The number of nitrogens with zero attached hydrogens (tertiary/aromatic N) is 1. The van der Waals surface area contributed by atoms with Crippen LogP contribution in [0.3, 0.4) is 0 Å². The fraction of sp³-hybridized carbons (Fsp3) is 0.333. The van der Waals surface area contributed by atoms with Gasteiger partial charge in [0, 0.05) is 12.1 Å². The summed E-state index contributed by atoms with van der Waals surface area (Å²) in [5, 5.41) is 3.00. The number of hydrogen-bond acceptors (Lipinski definition) is 6. The zero-order valence-corrected chi connectivity index (χ0v) is 12.5. The van der Waals surface area contributed by atoms with Gasteiger partial charge >= 0.3 is 6.29 Å². The molecule has 1 aromatic carbocycles. The fourth-order valence-electron chi connectivity index (χ4n) is 2.01. The number of rotatable bonds is 2. The first kappa shape index (κ1) is 15.2. The van der Waals surface area contributed by atoms with E-state index in [1.165, 1.54) is 12.1 Å². The first-order valence-electron chi connectivity index (χ1n) is 6.15. The summed E-state index contributed by atoms with van der Waals surface area (Å²) in [7, 11) is 0. The van der Waals surface area contributed by atoms with E-state index in [-0.39, 0.29) is 29.8 Å². The minimum Gasteiger partial charge on any atom is -0.395 e. The second-order valence-corrected chi connectivity index (χ2v) is 6.09. The van der Waals surface area contributed by atoms with Crippen LogP contribution in [0.4, 0.5) is 13.9 Å². The predicted octanol–water partition coefficient (Wildman–Crippen LogP) is 2.47. The molecule has 0 unspecified atom stereocenters. The number of nitrogens with two attached hydrogens (primary N) is 1. The van der Waals surface area contributed by atoms with Crippen molar-refractivity contribution in [2.45, 2.75) is 24.7 Å². The lowest BCUT2D eigenvalue weighted by molar-refractivity contribution is -0.286. The number of nitrogens with one attached hydrogen (secondary N) is 1. The molecule has 2 aliphatic rings. The van der Waals surface area contributed by atoms with Crippen LogP contribution in [0, 0.1) is 0 Å². The highest BCUT2D eigenvalue weighted by atomic mass is 35.5. The van der Waals surface area contributed by atoms with Crippen LogP contribution in [-0.4, -0.2) is 22.7 Å². The first-order valence-corrected chi connectivity index (χ1v) is 6.97. The molecule has 10 heteroatoms. The summed E-state index contributed by atoms with van der Waals surface area (Å²) < 4.78 is 35.2. The van der Waals surface area contributed by atoms with Gasteiger partial charge in [-0.1, -0.05) is 11.3 Å². The Kier molecular flexibility index (Phi) is 3.21. The van der Waals surface area contributed by atoms with Gasteiger partial charge in [0.25, 0.3) is 0 Å². The zero-order valence-electron chi connectivity index (χ0n) is 10.9. The largest absolute Gasteiger partial charge is 0.586 e. The molecule has 1 aliphatic carbocycles. The summed E-state index contributed by atoms with van der Waals surface area (Å²) in [6, 6.07) is 2.77. The highest BCUT2D eigenvalue weighted by molar-refractivity contribution is 7.22. The lowest BCUT2D eigenvalue weighted by Crippen LogP contribution is -2.37. The van der Waals surface area contributed by atoms with Crippen molar-refractivity contribution in [3.63, 3.8) is 0 Å². The molecule has 2 aromatic rings. The van der Waals surface area contributed by atoms with Crippen molar-refractivity contribution in [3.8, 4) is 11.5 Å². The molecule has 0 atom stereocenters. The van der Waals surface area contributed by atoms with Gasteiger partial charge in [0.15, 0.2) is 16.6 Å². The third-order valence-electron chi connectivity index (χ3n) is 3.37. The van der Waals surface area contributed by atoms with Crippen molar-refractivity contribution in [2.75, 3.05) is 5.32 Å². The SMILES string of the molecule is Cl.NC1(C(=O)Nc2nc3cc4c(cc3s2)OC(F)(F)O4)CC1. The van der Waals surface area contributed by atoms with Gasteiger partial charge in [-0.25, -0.2) is 4.98 Å². The van der Waals surface area contributed by atoms with E-state index in [0.29, 0.717) is 28.2 Å². The molecule has 1 amide bonds. The number of carbonyl (C=O) groups excluding carboxylic acids is 1. The Morgan fingerprint density at radius 3 is 2.59 bits per heavy atom. The third kappa shape index (κ3) is 2.44. The van der Waals surface area contributed by atoms with Crippen molar-refractivity contribution in [1.29, 1.82) is 0 Å². The Hall–Kier alpha value is -1.71. The smallest absolute Gasteiger partial charge is 0.395 e. The van der Waals surface area contributed by atoms with Crippen molar-refractivity contribution in [2.24, 2.45) is 5.73 Å². The molecule has 0 spiro atoms. The third-order valence-corrected chi connectivity index (χ3v) is 4.31. The number of hydrogen-bond donors (Lipinski definition) is 2. The second kappa shape index (κ2) is 4.64. The van der Waals surface area contributed by atoms with Gasteiger partial charge in [-0.2, -0.15) is 0 Å². The van der Waals surface area contributed by atoms with Crippen LogP contribution in [0.15, 0.2) is 12.1 Å². The number of amides is 1. The van der Waals surface area contributed by atoms with Crippen LogP contribution in [-0.2, 0) is 4.79 Å². The lowest BCUT2D eigenvalue weighted by Gasteiger charge is -2.06. The van der Waals surface area contributed by atoms with Gasteiger partial charge in [0.05, 0.1) is 15.8 Å². The van der Waals surface area contributed by atoms with E-state index in [9.17, 15) is 13.6 Å². The maximum atomic E-state index is 13.0. The van der Waals surface area contributed by atoms with Crippen LogP contribution in [0.1, 0.15) is 12.8 Å². The number of fused-ring (bicyclic) bond motifs is 2. The summed E-state index contributed by atoms with van der Waals surface area (Å²) in [6.45, 7) is 0. The van der Waals surface area contributed by atoms with E-state index in [1.54, 1.807) is 0 Å². The molecule has 3 N–H and O–H groups in total. The Bertz CT molecular complexity index is 733. The van der Waals surface area contributed by atoms with Crippen molar-refractivity contribution < 1.29 is 23.0 Å². The fourth-order valence-corrected chi connectivity index (χ4v) is 2.88. The summed E-state index contributed by atoms with van der Waals surface area (Å²) in [6.07, 6.45) is -2.36. The zero-order chi connectivity index (χ0) is 14.8. The quantitative estimate of drug-likeness (QED) is 0.869. The maximum Gasteiger partial charge on any atom is 0.586 e. The highest BCUT2D eigenvalue weighted by Gasteiger charge is 2.46. The lowest BCUT2D eigenvalue weighted by atomic mass is 10.3. The van der Waals surface area contributed by atoms with E-state index < -0.39 is 11.8 Å². The number of aromatic nitrogens is 1. The average molecular weight is 350 g/mol. The topological polar surface area (TPSA) is 86.5 Å². The van der Waals surface area contributed by atoms with Crippen LogP contribution >= 0.6 is 23.7 Å². The molecule has 1 aromatic heterocycles. The minimum absolute atomic E-state index is 0. The Morgan fingerprint density at radius 2 is 1.95 bits per heavy atom. The Labute approximate surface area is 133 Å². The average Bonchev–Trinajstić information content (AvgIpc) is 2.89. The maximum absolute atomic E-state index is 13.0. The number of anilines is 1. The number of ether oxygens (including phenoxy) is 2. The van der Waals surface area contributed by atoms with Crippen LogP contribution in [0.25, 0.3) is 10.2 Å². The van der Waals surface area contributed by atoms with Crippen LogP contribution in [0.5, 0.6) is 11.5 Å². The second-order valence-electron chi connectivity index (χ2n) is 5.06. The van der Waals surface area contributed by atoms with E-state index >= 15 is 0 Å². The van der Waals surface area contributed by atoms with Crippen LogP contribution < -0.4 is 20.5 Å². The Balaban J connectivity index is 0.00000144. The highest BCUT2D eigenvalue weighted by Crippen LogP contribution is 2.44. The molecular weight excluding hydrogens is 340 g/mol. The molecule has 118 valence electrons. The molecule has 4 rings (SSSR count). The summed E-state index contributed by atoms with van der Waals surface area (Å²) >= 11 is 1.16. The van der Waals surface area contributed by atoms with Gasteiger partial charge in [-0.15, -0.1) is 21.2 Å². The van der Waals surface area contributed by atoms with Gasteiger partial charge in [-0.3, -0.25) is 4.79 Å². The van der Waals surface area contributed by atoms with Crippen LogP contribution in [0.2, 0.25) is 0 Å². The van der Waals surface area contributed by atoms with E-state index in [4.69, 9.17) is 5.73 Å². The molecule has 1 aliphatic heterocycles.